The molecule has 2 N–H and O–H groups in total. The zero-order chi connectivity index (χ0) is 21.1. The highest BCUT2D eigenvalue weighted by Gasteiger charge is 2.45. The highest BCUT2D eigenvalue weighted by molar-refractivity contribution is 6.74. The molecule has 2 atom stereocenters. The molecule has 2 amide bonds. The summed E-state index contributed by atoms with van der Waals surface area (Å²) < 4.78 is 12.8. The maximum atomic E-state index is 11.8. The maximum absolute atomic E-state index is 11.8. The van der Waals surface area contributed by atoms with Crippen molar-refractivity contribution in [2.45, 2.75) is 104 Å². The second kappa shape index (κ2) is 8.54. The Kier molecular flexibility index (Phi) is 8.31. The first-order valence-electron chi connectivity index (χ1n) is 9.20. The quantitative estimate of drug-likeness (QED) is 0.497. The van der Waals surface area contributed by atoms with E-state index in [0.717, 1.165) is 0 Å². The van der Waals surface area contributed by atoms with Crippen LogP contribution >= 0.6 is 0 Å². The normalized spacial score (nSPS) is 16.0. The average molecular weight is 405 g/mol. The Hall–Kier alpha value is -0.706. The topological polar surface area (TPSA) is 76.7 Å². The van der Waals surface area contributed by atoms with Crippen molar-refractivity contribution in [3.8, 4) is 0 Å². The first-order valence-corrected chi connectivity index (χ1v) is 15.0. The highest BCUT2D eigenvalue weighted by Crippen LogP contribution is 2.39. The number of nitrogens with one attached hydrogen (secondary N) is 2. The van der Waals surface area contributed by atoms with Gasteiger partial charge in [0.25, 0.3) is 0 Å². The van der Waals surface area contributed by atoms with Gasteiger partial charge in [-0.3, -0.25) is 9.59 Å². The zero-order valence-corrected chi connectivity index (χ0v) is 20.8. The highest BCUT2D eigenvalue weighted by atomic mass is 28.4. The average Bonchev–Trinajstić information content (AvgIpc) is 2.32. The van der Waals surface area contributed by atoms with Crippen LogP contribution in [0.3, 0.4) is 0 Å². The van der Waals surface area contributed by atoms with E-state index < -0.39 is 29.1 Å². The van der Waals surface area contributed by atoms with Crippen LogP contribution in [0.4, 0.5) is 0 Å². The van der Waals surface area contributed by atoms with Crippen LogP contribution in [0.15, 0.2) is 0 Å². The van der Waals surface area contributed by atoms with Crippen LogP contribution in [0.1, 0.15) is 55.4 Å². The lowest BCUT2D eigenvalue weighted by atomic mass is 10.2. The monoisotopic (exact) mass is 404 g/mol. The molecule has 0 aliphatic carbocycles. The van der Waals surface area contributed by atoms with E-state index >= 15 is 0 Å². The van der Waals surface area contributed by atoms with E-state index in [4.69, 9.17) is 8.85 Å². The Morgan fingerprint density at radius 1 is 0.692 bits per heavy atom. The summed E-state index contributed by atoms with van der Waals surface area (Å²) in [6, 6.07) is 0. The van der Waals surface area contributed by atoms with Crippen LogP contribution < -0.4 is 10.6 Å². The van der Waals surface area contributed by atoms with Gasteiger partial charge in [0, 0.05) is 13.8 Å². The first kappa shape index (κ1) is 25.3. The Labute approximate surface area is 162 Å². The summed E-state index contributed by atoms with van der Waals surface area (Å²) in [7, 11) is -4.40. The van der Waals surface area contributed by atoms with Crippen molar-refractivity contribution in [1.29, 1.82) is 0 Å². The number of carbonyl (C=O) groups is 2. The van der Waals surface area contributed by atoms with Crippen molar-refractivity contribution in [1.82, 2.24) is 10.6 Å². The molecular weight excluding hydrogens is 364 g/mol. The number of carbonyl (C=O) groups excluding carboxylic acids is 2. The summed E-state index contributed by atoms with van der Waals surface area (Å²) in [5, 5.41) is 5.61. The summed E-state index contributed by atoms with van der Waals surface area (Å²) in [5.41, 5.74) is 0. The van der Waals surface area contributed by atoms with Gasteiger partial charge in [-0.15, -0.1) is 0 Å². The minimum atomic E-state index is -2.20. The van der Waals surface area contributed by atoms with E-state index in [-0.39, 0.29) is 21.9 Å². The third kappa shape index (κ3) is 7.50. The number of amides is 2. The Morgan fingerprint density at radius 2 is 0.923 bits per heavy atom. The van der Waals surface area contributed by atoms with Gasteiger partial charge in [-0.25, -0.2) is 0 Å². The van der Waals surface area contributed by atoms with Crippen LogP contribution in [-0.4, -0.2) is 40.9 Å². The fourth-order valence-corrected chi connectivity index (χ4v) is 4.06. The molecule has 0 saturated heterocycles. The molecule has 0 heterocycles. The van der Waals surface area contributed by atoms with Crippen molar-refractivity contribution in [3.63, 3.8) is 0 Å². The Balaban J connectivity index is 5.83. The van der Waals surface area contributed by atoms with E-state index in [0.29, 0.717) is 0 Å². The van der Waals surface area contributed by atoms with Crippen molar-refractivity contribution in [3.05, 3.63) is 0 Å². The fourth-order valence-electron chi connectivity index (χ4n) is 1.72. The van der Waals surface area contributed by atoms with Gasteiger partial charge in [-0.05, 0) is 36.3 Å². The SMILES string of the molecule is CC(=O)NC(O[Si](C)(C)C(C)(C)C)C(NC(C)=O)O[Si](C)(C)C(C)(C)C. The third-order valence-corrected chi connectivity index (χ3v) is 14.3. The first-order chi connectivity index (χ1) is 11.3. The molecule has 0 aliphatic rings. The van der Waals surface area contributed by atoms with Crippen LogP contribution in [0, 0.1) is 0 Å². The molecule has 0 aliphatic heterocycles. The van der Waals surface area contributed by atoms with Gasteiger partial charge in [-0.1, -0.05) is 41.5 Å². The fraction of sp³-hybridized carbons (Fsp3) is 0.889. The number of rotatable bonds is 7. The van der Waals surface area contributed by atoms with E-state index in [1.807, 2.05) is 0 Å². The number of hydrogen-bond donors (Lipinski definition) is 2. The lowest BCUT2D eigenvalue weighted by Crippen LogP contribution is -2.61. The summed E-state index contributed by atoms with van der Waals surface area (Å²) in [4.78, 5) is 23.6. The molecule has 0 aromatic carbocycles. The summed E-state index contributed by atoms with van der Waals surface area (Å²) in [6.07, 6.45) is -1.46. The molecule has 2 unspecified atom stereocenters. The van der Waals surface area contributed by atoms with Gasteiger partial charge in [0.15, 0.2) is 29.1 Å². The lowest BCUT2D eigenvalue weighted by Gasteiger charge is -2.45. The standard InChI is InChI=1S/C18H40N2O4Si2/c1-13(21)19-15(23-25(9,10)17(3,4)5)16(20-14(2)22)24-26(11,12)18(6,7)8/h15-16H,1-12H3,(H,19,21)(H,20,22). The lowest BCUT2D eigenvalue weighted by molar-refractivity contribution is -0.130. The van der Waals surface area contributed by atoms with Crippen LogP contribution in [0.25, 0.3) is 0 Å². The maximum Gasteiger partial charge on any atom is 0.218 e. The predicted molar refractivity (Wildman–Crippen MR) is 112 cm³/mol. The minimum absolute atomic E-state index is 0.0402. The van der Waals surface area contributed by atoms with Gasteiger partial charge < -0.3 is 19.5 Å². The van der Waals surface area contributed by atoms with E-state index in [9.17, 15) is 9.59 Å². The zero-order valence-electron chi connectivity index (χ0n) is 18.8. The molecule has 154 valence electrons. The van der Waals surface area contributed by atoms with E-state index in [2.05, 4.69) is 78.4 Å². The molecule has 0 rings (SSSR count). The van der Waals surface area contributed by atoms with Gasteiger partial charge in [0.05, 0.1) is 0 Å². The van der Waals surface area contributed by atoms with Gasteiger partial charge in [0.1, 0.15) is 0 Å². The van der Waals surface area contributed by atoms with Crippen LogP contribution in [0.5, 0.6) is 0 Å². The largest absolute Gasteiger partial charge is 0.394 e. The van der Waals surface area contributed by atoms with E-state index in [1.54, 1.807) is 0 Å². The van der Waals surface area contributed by atoms with Gasteiger partial charge in [0.2, 0.25) is 11.8 Å². The Morgan fingerprint density at radius 3 is 1.08 bits per heavy atom. The molecule has 8 heteroatoms. The molecule has 26 heavy (non-hydrogen) atoms. The molecule has 0 fully saturated rings. The van der Waals surface area contributed by atoms with Gasteiger partial charge >= 0.3 is 0 Å². The summed E-state index contributed by atoms with van der Waals surface area (Å²) in [5.74, 6) is -0.439. The molecule has 0 aromatic heterocycles. The van der Waals surface area contributed by atoms with Crippen molar-refractivity contribution in [2.24, 2.45) is 0 Å². The summed E-state index contributed by atoms with van der Waals surface area (Å²) >= 11 is 0. The molecule has 6 nitrogen and oxygen atoms in total. The number of hydrogen-bond acceptors (Lipinski definition) is 4. The van der Waals surface area contributed by atoms with Gasteiger partial charge in [-0.2, -0.15) is 0 Å². The van der Waals surface area contributed by atoms with Crippen LogP contribution in [-0.2, 0) is 18.4 Å². The molecule has 0 spiro atoms. The predicted octanol–water partition coefficient (Wildman–Crippen LogP) is 3.95. The van der Waals surface area contributed by atoms with Crippen molar-refractivity contribution in [2.75, 3.05) is 0 Å². The minimum Gasteiger partial charge on any atom is -0.394 e. The Bertz CT molecular complexity index is 462. The van der Waals surface area contributed by atoms with Crippen LogP contribution in [0.2, 0.25) is 36.3 Å². The molecule has 0 bridgehead atoms. The summed E-state index contributed by atoms with van der Waals surface area (Å²) in [6.45, 7) is 24.1. The van der Waals surface area contributed by atoms with Crippen molar-refractivity contribution < 1.29 is 18.4 Å². The van der Waals surface area contributed by atoms with Crippen molar-refractivity contribution >= 4 is 28.4 Å². The third-order valence-electron chi connectivity index (χ3n) is 5.42. The smallest absolute Gasteiger partial charge is 0.218 e. The molecule has 0 radical (unpaired) electrons. The second-order valence-corrected chi connectivity index (χ2v) is 19.5. The second-order valence-electron chi connectivity index (χ2n) is 10.00. The van der Waals surface area contributed by atoms with E-state index in [1.165, 1.54) is 13.8 Å². The molecule has 0 aromatic rings. The molecular formula is C18H40N2O4Si2. The molecule has 0 saturated carbocycles.